The first-order valence-electron chi connectivity index (χ1n) is 4.39. The van der Waals surface area contributed by atoms with Gasteiger partial charge in [0.2, 0.25) is 0 Å². The number of hydrogen-bond acceptors (Lipinski definition) is 3. The van der Waals surface area contributed by atoms with E-state index in [0.717, 1.165) is 16.3 Å². The zero-order chi connectivity index (χ0) is 10.1. The number of pyridine rings is 1. The summed E-state index contributed by atoms with van der Waals surface area (Å²) in [6.07, 6.45) is 3.36. The van der Waals surface area contributed by atoms with Crippen molar-refractivity contribution in [2.75, 3.05) is 0 Å². The van der Waals surface area contributed by atoms with Gasteiger partial charge in [-0.3, -0.25) is 4.98 Å². The van der Waals surface area contributed by atoms with Gasteiger partial charge in [0.15, 0.2) is 0 Å². The lowest BCUT2D eigenvalue weighted by atomic mass is 9.74. The molecule has 0 radical (unpaired) electrons. The Balaban J connectivity index is 2.83. The SMILES string of the molecule is Cc1ccc2cnccc2c1B(O)O. The zero-order valence-corrected chi connectivity index (χ0v) is 7.81. The Hall–Kier alpha value is -1.39. The molecule has 70 valence electrons. The molecule has 14 heavy (non-hydrogen) atoms. The summed E-state index contributed by atoms with van der Waals surface area (Å²) in [5.74, 6) is 0. The lowest BCUT2D eigenvalue weighted by molar-refractivity contribution is 0.426. The molecular formula is C10H10BNO2. The van der Waals surface area contributed by atoms with Crippen molar-refractivity contribution in [3.05, 3.63) is 36.2 Å². The summed E-state index contributed by atoms with van der Waals surface area (Å²) in [6.45, 7) is 1.86. The van der Waals surface area contributed by atoms with E-state index in [1.54, 1.807) is 18.5 Å². The Morgan fingerprint density at radius 2 is 2.00 bits per heavy atom. The normalized spacial score (nSPS) is 10.5. The van der Waals surface area contributed by atoms with Crippen LogP contribution in [0, 0.1) is 6.92 Å². The highest BCUT2D eigenvalue weighted by molar-refractivity contribution is 6.62. The highest BCUT2D eigenvalue weighted by Crippen LogP contribution is 2.12. The van der Waals surface area contributed by atoms with Crippen LogP contribution in [0.25, 0.3) is 10.8 Å². The van der Waals surface area contributed by atoms with Gasteiger partial charge in [0.1, 0.15) is 0 Å². The second-order valence-electron chi connectivity index (χ2n) is 3.27. The standard InChI is InChI=1S/C10H10BNO2/c1-7-2-3-8-6-12-5-4-9(8)10(7)11(13)14/h2-6,13-14H,1H3. The van der Waals surface area contributed by atoms with Crippen LogP contribution in [0.3, 0.4) is 0 Å². The largest absolute Gasteiger partial charge is 0.489 e. The summed E-state index contributed by atoms with van der Waals surface area (Å²) < 4.78 is 0. The van der Waals surface area contributed by atoms with Crippen LogP contribution < -0.4 is 5.46 Å². The smallest absolute Gasteiger partial charge is 0.423 e. The van der Waals surface area contributed by atoms with Crippen molar-refractivity contribution in [1.82, 2.24) is 4.98 Å². The van der Waals surface area contributed by atoms with Crippen LogP contribution in [0.15, 0.2) is 30.6 Å². The molecule has 0 bridgehead atoms. The van der Waals surface area contributed by atoms with Crippen molar-refractivity contribution in [3.63, 3.8) is 0 Å². The molecule has 0 saturated carbocycles. The average molecular weight is 187 g/mol. The van der Waals surface area contributed by atoms with Gasteiger partial charge in [-0.05, 0) is 29.2 Å². The van der Waals surface area contributed by atoms with E-state index >= 15 is 0 Å². The van der Waals surface area contributed by atoms with Gasteiger partial charge in [-0.1, -0.05) is 17.7 Å². The summed E-state index contributed by atoms with van der Waals surface area (Å²) >= 11 is 0. The topological polar surface area (TPSA) is 53.4 Å². The summed E-state index contributed by atoms with van der Waals surface area (Å²) in [5, 5.41) is 20.2. The Labute approximate surface area is 82.2 Å². The molecule has 2 rings (SSSR count). The van der Waals surface area contributed by atoms with Crippen LogP contribution in [-0.2, 0) is 0 Å². The fourth-order valence-electron chi connectivity index (χ4n) is 1.64. The van der Waals surface area contributed by atoms with E-state index in [0.29, 0.717) is 5.46 Å². The minimum atomic E-state index is -1.43. The van der Waals surface area contributed by atoms with Crippen LogP contribution >= 0.6 is 0 Å². The predicted molar refractivity (Wildman–Crippen MR) is 56.3 cm³/mol. The van der Waals surface area contributed by atoms with Crippen LogP contribution in [0.1, 0.15) is 5.56 Å². The average Bonchev–Trinajstić information content (AvgIpc) is 2.17. The third-order valence-corrected chi connectivity index (χ3v) is 2.34. The van der Waals surface area contributed by atoms with Crippen LogP contribution in [0.2, 0.25) is 0 Å². The summed E-state index contributed by atoms with van der Waals surface area (Å²) in [6, 6.07) is 5.57. The van der Waals surface area contributed by atoms with Crippen LogP contribution in [-0.4, -0.2) is 22.2 Å². The highest BCUT2D eigenvalue weighted by Gasteiger charge is 2.16. The third-order valence-electron chi connectivity index (χ3n) is 2.34. The van der Waals surface area contributed by atoms with E-state index in [-0.39, 0.29) is 0 Å². The molecule has 0 unspecified atom stereocenters. The minimum absolute atomic E-state index is 0.560. The highest BCUT2D eigenvalue weighted by atomic mass is 16.4. The Morgan fingerprint density at radius 3 is 2.71 bits per heavy atom. The Kier molecular flexibility index (Phi) is 2.23. The molecule has 0 atom stereocenters. The monoisotopic (exact) mass is 187 g/mol. The minimum Gasteiger partial charge on any atom is -0.423 e. The van der Waals surface area contributed by atoms with Gasteiger partial charge in [0.05, 0.1) is 0 Å². The molecule has 3 nitrogen and oxygen atoms in total. The molecule has 0 aliphatic carbocycles. The molecule has 1 heterocycles. The third kappa shape index (κ3) is 1.39. The predicted octanol–water partition coefficient (Wildman–Crippen LogP) is 0.223. The fraction of sp³-hybridized carbons (Fsp3) is 0.100. The van der Waals surface area contributed by atoms with Crippen molar-refractivity contribution in [3.8, 4) is 0 Å². The summed E-state index contributed by atoms with van der Waals surface area (Å²) in [7, 11) is -1.43. The fourth-order valence-corrected chi connectivity index (χ4v) is 1.64. The maximum atomic E-state index is 9.24. The zero-order valence-electron chi connectivity index (χ0n) is 7.81. The van der Waals surface area contributed by atoms with E-state index in [9.17, 15) is 10.0 Å². The van der Waals surface area contributed by atoms with Gasteiger partial charge in [0, 0.05) is 12.4 Å². The van der Waals surface area contributed by atoms with E-state index in [1.807, 2.05) is 19.1 Å². The molecule has 0 fully saturated rings. The van der Waals surface area contributed by atoms with Gasteiger partial charge in [-0.2, -0.15) is 0 Å². The first-order chi connectivity index (χ1) is 6.70. The molecule has 4 heteroatoms. The molecule has 1 aromatic carbocycles. The van der Waals surface area contributed by atoms with Gasteiger partial charge < -0.3 is 10.0 Å². The molecule has 2 N–H and O–H groups in total. The number of rotatable bonds is 1. The number of hydrogen-bond donors (Lipinski definition) is 2. The van der Waals surface area contributed by atoms with Crippen molar-refractivity contribution in [2.45, 2.75) is 6.92 Å². The van der Waals surface area contributed by atoms with E-state index in [4.69, 9.17) is 0 Å². The van der Waals surface area contributed by atoms with Gasteiger partial charge in [-0.25, -0.2) is 0 Å². The molecule has 0 amide bonds. The number of nitrogens with zero attached hydrogens (tertiary/aromatic N) is 1. The van der Waals surface area contributed by atoms with E-state index in [1.165, 1.54) is 0 Å². The summed E-state index contributed by atoms with van der Waals surface area (Å²) in [4.78, 5) is 3.98. The number of aromatic nitrogens is 1. The van der Waals surface area contributed by atoms with Gasteiger partial charge >= 0.3 is 7.12 Å². The van der Waals surface area contributed by atoms with Crippen molar-refractivity contribution in [1.29, 1.82) is 0 Å². The Morgan fingerprint density at radius 1 is 1.21 bits per heavy atom. The van der Waals surface area contributed by atoms with Crippen LogP contribution in [0.5, 0.6) is 0 Å². The number of benzene rings is 1. The molecule has 0 saturated heterocycles. The summed E-state index contributed by atoms with van der Waals surface area (Å²) in [5.41, 5.74) is 1.43. The van der Waals surface area contributed by atoms with Gasteiger partial charge in [0.25, 0.3) is 0 Å². The molecule has 2 aromatic rings. The lowest BCUT2D eigenvalue weighted by Gasteiger charge is -2.08. The second-order valence-corrected chi connectivity index (χ2v) is 3.27. The lowest BCUT2D eigenvalue weighted by Crippen LogP contribution is -2.32. The molecule has 0 aliphatic heterocycles. The molecule has 0 aliphatic rings. The Bertz CT molecular complexity index is 471. The number of aryl methyl sites for hydroxylation is 1. The van der Waals surface area contributed by atoms with Crippen molar-refractivity contribution < 1.29 is 10.0 Å². The number of fused-ring (bicyclic) bond motifs is 1. The molecular weight excluding hydrogens is 177 g/mol. The maximum absolute atomic E-state index is 9.24. The van der Waals surface area contributed by atoms with Crippen LogP contribution in [0.4, 0.5) is 0 Å². The second kappa shape index (κ2) is 3.40. The molecule has 0 spiro atoms. The molecule has 1 aromatic heterocycles. The van der Waals surface area contributed by atoms with E-state index < -0.39 is 7.12 Å². The maximum Gasteiger partial charge on any atom is 0.489 e. The van der Waals surface area contributed by atoms with Crippen molar-refractivity contribution >= 4 is 23.4 Å². The van der Waals surface area contributed by atoms with E-state index in [2.05, 4.69) is 4.98 Å². The first-order valence-corrected chi connectivity index (χ1v) is 4.39. The quantitative estimate of drug-likeness (QED) is 0.628. The van der Waals surface area contributed by atoms with Crippen molar-refractivity contribution in [2.24, 2.45) is 0 Å². The van der Waals surface area contributed by atoms with Gasteiger partial charge in [-0.15, -0.1) is 0 Å². The first kappa shape index (κ1) is 9.18.